The Balaban J connectivity index is 2.10. The molecule has 0 saturated carbocycles. The van der Waals surface area contributed by atoms with Crippen LogP contribution in [0.3, 0.4) is 0 Å². The minimum absolute atomic E-state index is 0.0752. The summed E-state index contributed by atoms with van der Waals surface area (Å²) >= 11 is 0. The molecule has 1 saturated heterocycles. The van der Waals surface area contributed by atoms with Crippen LogP contribution in [0.4, 0.5) is 5.69 Å². The molecule has 0 spiro atoms. The van der Waals surface area contributed by atoms with Gasteiger partial charge in [0.15, 0.2) is 0 Å². The molecule has 1 amide bonds. The molecular formula is C14H20N2O. The van der Waals surface area contributed by atoms with Gasteiger partial charge in [0.25, 0.3) is 5.91 Å². The molecule has 2 N–H and O–H groups in total. The van der Waals surface area contributed by atoms with Gasteiger partial charge in [-0.25, -0.2) is 0 Å². The van der Waals surface area contributed by atoms with E-state index in [-0.39, 0.29) is 5.91 Å². The van der Waals surface area contributed by atoms with Gasteiger partial charge in [-0.15, -0.1) is 0 Å². The lowest BCUT2D eigenvalue weighted by Gasteiger charge is -2.18. The first-order valence-electron chi connectivity index (χ1n) is 6.23. The quantitative estimate of drug-likeness (QED) is 0.796. The lowest BCUT2D eigenvalue weighted by atomic mass is 9.95. The van der Waals surface area contributed by atoms with E-state index in [1.807, 2.05) is 17.0 Å². The van der Waals surface area contributed by atoms with Crippen molar-refractivity contribution in [3.63, 3.8) is 0 Å². The van der Waals surface area contributed by atoms with Gasteiger partial charge in [-0.3, -0.25) is 4.79 Å². The van der Waals surface area contributed by atoms with Crippen LogP contribution in [0.1, 0.15) is 30.6 Å². The van der Waals surface area contributed by atoms with Crippen molar-refractivity contribution in [3.05, 3.63) is 29.8 Å². The maximum atomic E-state index is 12.3. The largest absolute Gasteiger partial charge is 0.398 e. The first-order valence-corrected chi connectivity index (χ1v) is 6.23. The van der Waals surface area contributed by atoms with Crippen LogP contribution in [-0.4, -0.2) is 23.9 Å². The summed E-state index contributed by atoms with van der Waals surface area (Å²) in [7, 11) is 0. The topological polar surface area (TPSA) is 46.3 Å². The molecule has 1 aliphatic heterocycles. The first kappa shape index (κ1) is 12.0. The molecule has 1 aromatic rings. The average molecular weight is 232 g/mol. The fourth-order valence-electron chi connectivity index (χ4n) is 2.38. The van der Waals surface area contributed by atoms with E-state index in [9.17, 15) is 4.79 Å². The summed E-state index contributed by atoms with van der Waals surface area (Å²) < 4.78 is 0. The zero-order valence-electron chi connectivity index (χ0n) is 10.5. The van der Waals surface area contributed by atoms with Crippen molar-refractivity contribution in [2.24, 2.45) is 11.8 Å². The molecule has 1 atom stereocenters. The number of carbonyl (C=O) groups excluding carboxylic acids is 1. The Hall–Kier alpha value is -1.51. The molecule has 1 unspecified atom stereocenters. The molecule has 1 aliphatic rings. The highest BCUT2D eigenvalue weighted by atomic mass is 16.2. The molecular weight excluding hydrogens is 212 g/mol. The number of nitrogen functional groups attached to an aromatic ring is 1. The normalized spacial score (nSPS) is 19.9. The van der Waals surface area contributed by atoms with E-state index in [4.69, 9.17) is 5.73 Å². The second kappa shape index (κ2) is 4.78. The highest BCUT2D eigenvalue weighted by molar-refractivity contribution is 5.99. The summed E-state index contributed by atoms with van der Waals surface area (Å²) in [5.74, 6) is 1.34. The van der Waals surface area contributed by atoms with Crippen LogP contribution in [0, 0.1) is 11.8 Å². The van der Waals surface area contributed by atoms with Crippen molar-refractivity contribution in [2.45, 2.75) is 20.3 Å². The van der Waals surface area contributed by atoms with Gasteiger partial charge >= 0.3 is 0 Å². The van der Waals surface area contributed by atoms with Crippen LogP contribution < -0.4 is 5.73 Å². The lowest BCUT2D eigenvalue weighted by molar-refractivity contribution is 0.0785. The maximum Gasteiger partial charge on any atom is 0.255 e. The molecule has 0 aromatic heterocycles. The Labute approximate surface area is 103 Å². The Morgan fingerprint density at radius 3 is 2.71 bits per heavy atom. The summed E-state index contributed by atoms with van der Waals surface area (Å²) in [5, 5.41) is 0. The third-order valence-corrected chi connectivity index (χ3v) is 3.65. The van der Waals surface area contributed by atoms with Crippen LogP contribution in [0.25, 0.3) is 0 Å². The Kier molecular flexibility index (Phi) is 3.36. The van der Waals surface area contributed by atoms with Crippen LogP contribution >= 0.6 is 0 Å². The van der Waals surface area contributed by atoms with Gasteiger partial charge in [0, 0.05) is 18.8 Å². The van der Waals surface area contributed by atoms with Crippen molar-refractivity contribution in [1.82, 2.24) is 4.90 Å². The van der Waals surface area contributed by atoms with Gasteiger partial charge in [0.05, 0.1) is 5.56 Å². The van der Waals surface area contributed by atoms with E-state index in [1.165, 1.54) is 0 Å². The molecule has 3 nitrogen and oxygen atoms in total. The molecule has 0 bridgehead atoms. The van der Waals surface area contributed by atoms with Crippen molar-refractivity contribution >= 4 is 11.6 Å². The number of nitrogens with two attached hydrogens (primary N) is 1. The van der Waals surface area contributed by atoms with Gasteiger partial charge in [0.1, 0.15) is 0 Å². The molecule has 0 aliphatic carbocycles. The number of hydrogen-bond acceptors (Lipinski definition) is 2. The number of carbonyl (C=O) groups is 1. The first-order chi connectivity index (χ1) is 8.09. The van der Waals surface area contributed by atoms with Gasteiger partial charge in [-0.05, 0) is 30.4 Å². The monoisotopic (exact) mass is 232 g/mol. The zero-order valence-corrected chi connectivity index (χ0v) is 10.5. The SMILES string of the molecule is CC(C)C1CCN(C(=O)c2ccccc2N)C1. The number of para-hydroxylation sites is 1. The average Bonchev–Trinajstić information content (AvgIpc) is 2.78. The van der Waals surface area contributed by atoms with E-state index < -0.39 is 0 Å². The minimum Gasteiger partial charge on any atom is -0.398 e. The molecule has 0 radical (unpaired) electrons. The molecule has 1 heterocycles. The summed E-state index contributed by atoms with van der Waals surface area (Å²) in [4.78, 5) is 14.2. The van der Waals surface area contributed by atoms with E-state index in [2.05, 4.69) is 13.8 Å². The van der Waals surface area contributed by atoms with E-state index in [0.29, 0.717) is 23.1 Å². The number of benzene rings is 1. The summed E-state index contributed by atoms with van der Waals surface area (Å²) in [6.45, 7) is 6.16. The highest BCUT2D eigenvalue weighted by Gasteiger charge is 2.29. The predicted octanol–water partition coefficient (Wildman–Crippen LogP) is 2.39. The van der Waals surface area contributed by atoms with Crippen molar-refractivity contribution in [2.75, 3.05) is 18.8 Å². The van der Waals surface area contributed by atoms with Gasteiger partial charge in [-0.1, -0.05) is 26.0 Å². The Morgan fingerprint density at radius 1 is 1.41 bits per heavy atom. The third kappa shape index (κ3) is 2.43. The number of hydrogen-bond donors (Lipinski definition) is 1. The molecule has 2 rings (SSSR count). The maximum absolute atomic E-state index is 12.3. The molecule has 92 valence electrons. The van der Waals surface area contributed by atoms with Gasteiger partial charge in [0.2, 0.25) is 0 Å². The number of rotatable bonds is 2. The van der Waals surface area contributed by atoms with Gasteiger partial charge < -0.3 is 10.6 Å². The summed E-state index contributed by atoms with van der Waals surface area (Å²) in [5.41, 5.74) is 7.05. The predicted molar refractivity (Wildman–Crippen MR) is 69.7 cm³/mol. The lowest BCUT2D eigenvalue weighted by Crippen LogP contribution is -2.29. The van der Waals surface area contributed by atoms with Crippen molar-refractivity contribution < 1.29 is 4.79 Å². The van der Waals surface area contributed by atoms with Crippen molar-refractivity contribution in [3.8, 4) is 0 Å². The van der Waals surface area contributed by atoms with E-state index in [0.717, 1.165) is 19.5 Å². The molecule has 3 heteroatoms. The standard InChI is InChI=1S/C14H20N2O/c1-10(2)11-7-8-16(9-11)14(17)12-5-3-4-6-13(12)15/h3-6,10-11H,7-9,15H2,1-2H3. The Bertz CT molecular complexity index is 414. The van der Waals surface area contributed by atoms with E-state index >= 15 is 0 Å². The highest BCUT2D eigenvalue weighted by Crippen LogP contribution is 2.25. The number of amides is 1. The number of nitrogens with zero attached hydrogens (tertiary/aromatic N) is 1. The van der Waals surface area contributed by atoms with Crippen LogP contribution in [-0.2, 0) is 0 Å². The number of anilines is 1. The van der Waals surface area contributed by atoms with Gasteiger partial charge in [-0.2, -0.15) is 0 Å². The zero-order chi connectivity index (χ0) is 12.4. The number of likely N-dealkylation sites (tertiary alicyclic amines) is 1. The second-order valence-electron chi connectivity index (χ2n) is 5.13. The van der Waals surface area contributed by atoms with Crippen molar-refractivity contribution in [1.29, 1.82) is 0 Å². The van der Waals surface area contributed by atoms with E-state index in [1.54, 1.807) is 12.1 Å². The molecule has 17 heavy (non-hydrogen) atoms. The Morgan fingerprint density at radius 2 is 2.12 bits per heavy atom. The second-order valence-corrected chi connectivity index (χ2v) is 5.13. The fourth-order valence-corrected chi connectivity index (χ4v) is 2.38. The molecule has 1 fully saturated rings. The van der Waals surface area contributed by atoms with Crippen LogP contribution in [0.2, 0.25) is 0 Å². The summed E-state index contributed by atoms with van der Waals surface area (Å²) in [6, 6.07) is 7.30. The fraction of sp³-hybridized carbons (Fsp3) is 0.500. The van der Waals surface area contributed by atoms with Crippen LogP contribution in [0.5, 0.6) is 0 Å². The third-order valence-electron chi connectivity index (χ3n) is 3.65. The van der Waals surface area contributed by atoms with Crippen LogP contribution in [0.15, 0.2) is 24.3 Å². The summed E-state index contributed by atoms with van der Waals surface area (Å²) in [6.07, 6.45) is 1.11. The smallest absolute Gasteiger partial charge is 0.255 e. The minimum atomic E-state index is 0.0752. The molecule has 1 aromatic carbocycles.